The minimum Gasteiger partial charge on any atom is -0.459 e. The Labute approximate surface area is 189 Å². The summed E-state index contributed by atoms with van der Waals surface area (Å²) >= 11 is 0. The van der Waals surface area contributed by atoms with Crippen LogP contribution < -0.4 is 4.72 Å². The number of rotatable bonds is 5. The number of nitrogens with zero attached hydrogens (tertiary/aromatic N) is 4. The van der Waals surface area contributed by atoms with E-state index in [1.54, 1.807) is 48.8 Å². The molecule has 0 aliphatic carbocycles. The Bertz CT molecular complexity index is 1460. The molecule has 4 aromatic rings. The average Bonchev–Trinajstić information content (AvgIpc) is 3.48. The molecule has 0 spiro atoms. The number of aromatic nitrogens is 2. The van der Waals surface area contributed by atoms with Crippen LogP contribution in [0.3, 0.4) is 0 Å². The van der Waals surface area contributed by atoms with E-state index in [9.17, 15) is 13.2 Å². The summed E-state index contributed by atoms with van der Waals surface area (Å²) in [4.78, 5) is 21.8. The maximum Gasteiger partial charge on any atom is 0.310 e. The molecule has 3 heterocycles. The van der Waals surface area contributed by atoms with Crippen molar-refractivity contribution in [3.05, 3.63) is 90.1 Å². The predicted octanol–water partition coefficient (Wildman–Crippen LogP) is 3.59. The van der Waals surface area contributed by atoms with Crippen LogP contribution in [-0.2, 0) is 10.0 Å². The van der Waals surface area contributed by atoms with E-state index >= 15 is 0 Å². The van der Waals surface area contributed by atoms with Crippen molar-refractivity contribution in [1.82, 2.24) is 15.0 Å². The van der Waals surface area contributed by atoms with Gasteiger partial charge in [-0.1, -0.05) is 18.2 Å². The van der Waals surface area contributed by atoms with Crippen LogP contribution in [0.2, 0.25) is 0 Å². The number of carbonyl (C=O) groups excluding carboxylic acids is 1. The quantitative estimate of drug-likeness (QED) is 0.485. The lowest BCUT2D eigenvalue weighted by molar-refractivity contribution is 0.0678. The molecule has 1 atom stereocenters. The molecule has 0 saturated carbocycles. The van der Waals surface area contributed by atoms with Crippen molar-refractivity contribution >= 4 is 38.4 Å². The SMILES string of the molecule is CS(=O)(=O)Nc1ccc(C2=NN(C(=O)c3ccco3)C(c3ccc4nccnc4c3)C2)cc1. The van der Waals surface area contributed by atoms with E-state index in [4.69, 9.17) is 4.42 Å². The van der Waals surface area contributed by atoms with Gasteiger partial charge >= 0.3 is 5.91 Å². The number of nitrogens with one attached hydrogen (secondary N) is 1. The number of fused-ring (bicyclic) bond motifs is 1. The molecule has 9 nitrogen and oxygen atoms in total. The zero-order valence-corrected chi connectivity index (χ0v) is 18.4. The minimum atomic E-state index is -3.37. The van der Waals surface area contributed by atoms with E-state index in [1.807, 2.05) is 18.2 Å². The smallest absolute Gasteiger partial charge is 0.310 e. The number of benzene rings is 2. The fraction of sp³-hybridized carbons (Fsp3) is 0.130. The Hall–Kier alpha value is -4.05. The van der Waals surface area contributed by atoms with E-state index in [1.165, 1.54) is 11.3 Å². The molecule has 0 fully saturated rings. The lowest BCUT2D eigenvalue weighted by Crippen LogP contribution is -2.26. The van der Waals surface area contributed by atoms with Crippen LogP contribution in [0.4, 0.5) is 5.69 Å². The number of hydrazone groups is 1. The van der Waals surface area contributed by atoms with Crippen LogP contribution in [-0.4, -0.2) is 41.3 Å². The average molecular weight is 462 g/mol. The van der Waals surface area contributed by atoms with Crippen molar-refractivity contribution in [3.63, 3.8) is 0 Å². The third-order valence-electron chi connectivity index (χ3n) is 5.25. The Kier molecular flexibility index (Phi) is 5.14. The molecule has 33 heavy (non-hydrogen) atoms. The third-order valence-corrected chi connectivity index (χ3v) is 5.86. The van der Waals surface area contributed by atoms with E-state index in [0.29, 0.717) is 17.8 Å². The fourth-order valence-corrected chi connectivity index (χ4v) is 4.34. The number of carbonyl (C=O) groups is 1. The Morgan fingerprint density at radius 2 is 1.82 bits per heavy atom. The highest BCUT2D eigenvalue weighted by Crippen LogP contribution is 2.35. The first-order valence-corrected chi connectivity index (χ1v) is 12.0. The molecule has 0 radical (unpaired) electrons. The van der Waals surface area contributed by atoms with Gasteiger partial charge in [0.1, 0.15) is 0 Å². The first-order valence-electron chi connectivity index (χ1n) is 10.1. The summed E-state index contributed by atoms with van der Waals surface area (Å²) in [5.41, 5.74) is 4.30. The van der Waals surface area contributed by atoms with Gasteiger partial charge in [0.15, 0.2) is 5.76 Å². The molecule has 1 aliphatic rings. The highest BCUT2D eigenvalue weighted by atomic mass is 32.2. The molecule has 1 aliphatic heterocycles. The summed E-state index contributed by atoms with van der Waals surface area (Å²) in [5.74, 6) is -0.159. The molecule has 1 N–H and O–H groups in total. The largest absolute Gasteiger partial charge is 0.459 e. The van der Waals surface area contributed by atoms with Crippen molar-refractivity contribution in [3.8, 4) is 0 Å². The second-order valence-corrected chi connectivity index (χ2v) is 9.40. The van der Waals surface area contributed by atoms with Gasteiger partial charge in [0.2, 0.25) is 10.0 Å². The van der Waals surface area contributed by atoms with E-state index in [0.717, 1.165) is 28.4 Å². The van der Waals surface area contributed by atoms with Gasteiger partial charge in [-0.3, -0.25) is 19.5 Å². The number of sulfonamides is 1. The number of hydrogen-bond acceptors (Lipinski definition) is 7. The van der Waals surface area contributed by atoms with Crippen molar-refractivity contribution in [2.24, 2.45) is 5.10 Å². The summed E-state index contributed by atoms with van der Waals surface area (Å²) in [6.07, 6.45) is 6.27. The van der Waals surface area contributed by atoms with Gasteiger partial charge in [0.05, 0.1) is 35.3 Å². The highest BCUT2D eigenvalue weighted by molar-refractivity contribution is 7.92. The second kappa shape index (κ2) is 8.14. The summed E-state index contributed by atoms with van der Waals surface area (Å²) in [6, 6.07) is 15.5. The number of anilines is 1. The van der Waals surface area contributed by atoms with Crippen LogP contribution >= 0.6 is 0 Å². The molecule has 0 bridgehead atoms. The highest BCUT2D eigenvalue weighted by Gasteiger charge is 2.35. The van der Waals surface area contributed by atoms with Crippen LogP contribution in [0, 0.1) is 0 Å². The van der Waals surface area contributed by atoms with Gasteiger partial charge in [-0.05, 0) is 47.5 Å². The molecule has 5 rings (SSSR count). The third kappa shape index (κ3) is 4.33. The van der Waals surface area contributed by atoms with Crippen LogP contribution in [0.15, 0.2) is 82.8 Å². The van der Waals surface area contributed by atoms with Crippen LogP contribution in [0.1, 0.15) is 34.1 Å². The van der Waals surface area contributed by atoms with E-state index in [2.05, 4.69) is 19.8 Å². The first kappa shape index (κ1) is 20.8. The van der Waals surface area contributed by atoms with Crippen LogP contribution in [0.25, 0.3) is 11.0 Å². The minimum absolute atomic E-state index is 0.193. The molecule has 10 heteroatoms. The van der Waals surface area contributed by atoms with Gasteiger partial charge < -0.3 is 4.42 Å². The fourth-order valence-electron chi connectivity index (χ4n) is 3.78. The summed E-state index contributed by atoms with van der Waals surface area (Å²) in [6.45, 7) is 0. The molecule has 2 aromatic carbocycles. The van der Waals surface area contributed by atoms with Crippen molar-refractivity contribution in [2.45, 2.75) is 12.5 Å². The number of amides is 1. The van der Waals surface area contributed by atoms with Gasteiger partial charge in [-0.2, -0.15) is 5.10 Å². The molecular weight excluding hydrogens is 442 g/mol. The van der Waals surface area contributed by atoms with Crippen molar-refractivity contribution < 1.29 is 17.6 Å². The van der Waals surface area contributed by atoms with Gasteiger partial charge in [-0.25, -0.2) is 13.4 Å². The summed E-state index contributed by atoms with van der Waals surface area (Å²) in [7, 11) is -3.37. The summed E-state index contributed by atoms with van der Waals surface area (Å²) in [5, 5.41) is 6.05. The maximum absolute atomic E-state index is 13.2. The van der Waals surface area contributed by atoms with Gasteiger partial charge in [-0.15, -0.1) is 0 Å². The Morgan fingerprint density at radius 3 is 2.52 bits per heavy atom. The molecule has 1 amide bonds. The molecule has 1 unspecified atom stereocenters. The maximum atomic E-state index is 13.2. The van der Waals surface area contributed by atoms with Crippen molar-refractivity contribution in [2.75, 3.05) is 11.0 Å². The predicted molar refractivity (Wildman–Crippen MR) is 123 cm³/mol. The van der Waals surface area contributed by atoms with Crippen LogP contribution in [0.5, 0.6) is 0 Å². The first-order chi connectivity index (χ1) is 15.9. The topological polar surface area (TPSA) is 118 Å². The van der Waals surface area contributed by atoms with E-state index in [-0.39, 0.29) is 17.7 Å². The number of hydrogen-bond donors (Lipinski definition) is 1. The molecule has 0 saturated heterocycles. The monoisotopic (exact) mass is 461 g/mol. The van der Waals surface area contributed by atoms with Gasteiger partial charge in [0.25, 0.3) is 0 Å². The Morgan fingerprint density at radius 1 is 1.06 bits per heavy atom. The lowest BCUT2D eigenvalue weighted by atomic mass is 9.97. The summed E-state index contributed by atoms with van der Waals surface area (Å²) < 4.78 is 30.7. The van der Waals surface area contributed by atoms with Crippen molar-refractivity contribution in [1.29, 1.82) is 0 Å². The molecule has 2 aromatic heterocycles. The standard InChI is InChI=1S/C23H19N5O4S/c1-33(30,31)27-17-7-4-15(5-8-17)19-14-21(28(26-19)23(29)22-3-2-12-32-22)16-6-9-18-20(13-16)25-11-10-24-18/h2-13,21,27H,14H2,1H3. The molecular formula is C23H19N5O4S. The van der Waals surface area contributed by atoms with Gasteiger partial charge in [0, 0.05) is 24.5 Å². The van der Waals surface area contributed by atoms with E-state index < -0.39 is 10.0 Å². The lowest BCUT2D eigenvalue weighted by Gasteiger charge is -2.21. The number of furan rings is 1. The molecule has 166 valence electrons. The normalized spacial score (nSPS) is 16.1. The Balaban J connectivity index is 1.50. The zero-order chi connectivity index (χ0) is 23.0. The second-order valence-electron chi connectivity index (χ2n) is 7.65. The zero-order valence-electron chi connectivity index (χ0n) is 17.5.